The molecule has 1 aromatic heterocycles. The molecule has 3 aromatic rings. The number of halogens is 2. The van der Waals surface area contributed by atoms with Crippen molar-refractivity contribution in [1.29, 1.82) is 0 Å². The maximum atomic E-state index is 12.2. The molecule has 2 atom stereocenters. The lowest BCUT2D eigenvalue weighted by Gasteiger charge is -2.34. The highest BCUT2D eigenvalue weighted by Crippen LogP contribution is 2.25. The Kier molecular flexibility index (Phi) is 6.82. The van der Waals surface area contributed by atoms with Crippen molar-refractivity contribution in [3.8, 4) is 11.4 Å². The topological polar surface area (TPSA) is 99.2 Å². The van der Waals surface area contributed by atoms with Crippen LogP contribution in [0.1, 0.15) is 18.0 Å². The molecule has 0 bridgehead atoms. The van der Waals surface area contributed by atoms with Gasteiger partial charge < -0.3 is 10.5 Å². The Morgan fingerprint density at radius 1 is 1.19 bits per heavy atom. The van der Waals surface area contributed by atoms with Crippen LogP contribution in [0.2, 0.25) is 10.0 Å². The van der Waals surface area contributed by atoms with Crippen LogP contribution in [0.5, 0.6) is 0 Å². The molecule has 10 heteroatoms. The van der Waals surface area contributed by atoms with Gasteiger partial charge in [-0.2, -0.15) is 4.80 Å². The van der Waals surface area contributed by atoms with Gasteiger partial charge in [0.15, 0.2) is 6.04 Å². The van der Waals surface area contributed by atoms with E-state index in [2.05, 4.69) is 20.3 Å². The molecule has 4 rings (SSSR count). The fourth-order valence-corrected chi connectivity index (χ4v) is 3.92. The second-order valence-electron chi connectivity index (χ2n) is 7.43. The molecule has 0 spiro atoms. The summed E-state index contributed by atoms with van der Waals surface area (Å²) in [6.07, 6.45) is 0.165. The quantitative estimate of drug-likeness (QED) is 0.581. The molecule has 8 nitrogen and oxygen atoms in total. The molecule has 0 aliphatic carbocycles. The number of nitrogens with zero attached hydrogens (tertiary/aromatic N) is 5. The number of tetrazole rings is 1. The number of aromatic nitrogens is 4. The number of morpholine rings is 1. The van der Waals surface area contributed by atoms with Crippen LogP contribution in [0.25, 0.3) is 11.4 Å². The average molecular weight is 461 g/mol. The maximum Gasteiger partial charge on any atom is 0.244 e. The van der Waals surface area contributed by atoms with E-state index in [1.54, 1.807) is 6.07 Å². The number of nitrogens with two attached hydrogens (primary N) is 1. The van der Waals surface area contributed by atoms with Gasteiger partial charge in [-0.1, -0.05) is 59.6 Å². The summed E-state index contributed by atoms with van der Waals surface area (Å²) in [5.41, 5.74) is 7.54. The van der Waals surface area contributed by atoms with Gasteiger partial charge in [0.2, 0.25) is 11.7 Å². The minimum absolute atomic E-state index is 0.194. The molecule has 0 radical (unpaired) electrons. The van der Waals surface area contributed by atoms with E-state index in [9.17, 15) is 4.79 Å². The molecule has 0 saturated carbocycles. The Morgan fingerprint density at radius 3 is 2.74 bits per heavy atom. The minimum Gasteiger partial charge on any atom is -0.375 e. The Balaban J connectivity index is 1.43. The normalized spacial score (nSPS) is 18.1. The third-order valence-corrected chi connectivity index (χ3v) is 5.91. The number of hydrogen-bond acceptors (Lipinski definition) is 6. The highest BCUT2D eigenvalue weighted by Gasteiger charge is 2.29. The standard InChI is InChI=1S/C21H22Cl2N6O2/c22-17-7-6-14(10-18(17)23)12-28-8-9-31-16(13-28)11-19(20(24)30)29-26-21(25-27-29)15-4-2-1-3-5-15/h1-7,10,16,19H,8-9,11-13H2,(H2,24,30)/t16-,19?/m0/s1. The number of ether oxygens (including phenoxy) is 1. The summed E-state index contributed by atoms with van der Waals surface area (Å²) >= 11 is 12.1. The predicted molar refractivity (Wildman–Crippen MR) is 118 cm³/mol. The lowest BCUT2D eigenvalue weighted by atomic mass is 10.1. The van der Waals surface area contributed by atoms with Crippen LogP contribution >= 0.6 is 23.2 Å². The Labute approximate surface area is 189 Å². The van der Waals surface area contributed by atoms with E-state index in [1.165, 1.54) is 4.80 Å². The zero-order valence-corrected chi connectivity index (χ0v) is 18.2. The van der Waals surface area contributed by atoms with Crippen LogP contribution < -0.4 is 5.73 Å². The number of rotatable bonds is 7. The van der Waals surface area contributed by atoms with E-state index in [1.807, 2.05) is 42.5 Å². The maximum absolute atomic E-state index is 12.2. The van der Waals surface area contributed by atoms with Gasteiger partial charge in [0, 0.05) is 31.6 Å². The smallest absolute Gasteiger partial charge is 0.244 e. The highest BCUT2D eigenvalue weighted by molar-refractivity contribution is 6.42. The van der Waals surface area contributed by atoms with Gasteiger partial charge in [0.1, 0.15) is 0 Å². The summed E-state index contributed by atoms with van der Waals surface area (Å²) in [7, 11) is 0. The van der Waals surface area contributed by atoms with Crippen LogP contribution in [0.4, 0.5) is 0 Å². The van der Waals surface area contributed by atoms with E-state index < -0.39 is 11.9 Å². The molecule has 2 N–H and O–H groups in total. The highest BCUT2D eigenvalue weighted by atomic mass is 35.5. The largest absolute Gasteiger partial charge is 0.375 e. The first-order valence-electron chi connectivity index (χ1n) is 9.91. The van der Waals surface area contributed by atoms with E-state index in [-0.39, 0.29) is 6.10 Å². The minimum atomic E-state index is -0.750. The van der Waals surface area contributed by atoms with Gasteiger partial charge in [0.05, 0.1) is 22.8 Å². The fourth-order valence-electron chi connectivity index (χ4n) is 3.60. The summed E-state index contributed by atoms with van der Waals surface area (Å²) in [5, 5.41) is 13.6. The lowest BCUT2D eigenvalue weighted by molar-refractivity contribution is -0.124. The van der Waals surface area contributed by atoms with Gasteiger partial charge >= 0.3 is 0 Å². The summed E-state index contributed by atoms with van der Waals surface area (Å²) in [6, 6.07) is 14.3. The second kappa shape index (κ2) is 9.74. The number of hydrogen-bond donors (Lipinski definition) is 1. The van der Waals surface area contributed by atoms with Gasteiger partial charge in [-0.25, -0.2) is 0 Å². The first-order valence-corrected chi connectivity index (χ1v) is 10.7. The van der Waals surface area contributed by atoms with Crippen LogP contribution in [0.15, 0.2) is 48.5 Å². The van der Waals surface area contributed by atoms with Crippen LogP contribution in [0, 0.1) is 0 Å². The first-order chi connectivity index (χ1) is 15.0. The van der Waals surface area contributed by atoms with Gasteiger partial charge in [-0.15, -0.1) is 10.2 Å². The molecule has 1 aliphatic rings. The molecular weight excluding hydrogens is 439 g/mol. The van der Waals surface area contributed by atoms with E-state index in [4.69, 9.17) is 33.7 Å². The summed E-state index contributed by atoms with van der Waals surface area (Å²) in [6.45, 7) is 2.68. The van der Waals surface area contributed by atoms with Crippen LogP contribution in [-0.2, 0) is 16.1 Å². The van der Waals surface area contributed by atoms with Crippen molar-refractivity contribution >= 4 is 29.1 Å². The molecule has 1 aliphatic heterocycles. The molecule has 1 unspecified atom stereocenters. The Morgan fingerprint density at radius 2 is 2.00 bits per heavy atom. The average Bonchev–Trinajstić information content (AvgIpc) is 3.25. The van der Waals surface area contributed by atoms with Gasteiger partial charge in [0.25, 0.3) is 0 Å². The van der Waals surface area contributed by atoms with Crippen molar-refractivity contribution in [2.24, 2.45) is 5.73 Å². The monoisotopic (exact) mass is 460 g/mol. The van der Waals surface area contributed by atoms with Crippen molar-refractivity contribution in [3.05, 3.63) is 64.1 Å². The van der Waals surface area contributed by atoms with Crippen molar-refractivity contribution in [3.63, 3.8) is 0 Å². The SMILES string of the molecule is NC(=O)C(C[C@H]1CN(Cc2ccc(Cl)c(Cl)c2)CCO1)n1nnc(-c2ccccc2)n1. The predicted octanol–water partition coefficient (Wildman–Crippen LogP) is 2.96. The summed E-state index contributed by atoms with van der Waals surface area (Å²) in [5.74, 6) is -0.0834. The van der Waals surface area contributed by atoms with Crippen LogP contribution in [-0.4, -0.2) is 56.8 Å². The molecule has 1 fully saturated rings. The van der Waals surface area contributed by atoms with Gasteiger partial charge in [-0.05, 0) is 22.9 Å². The summed E-state index contributed by atoms with van der Waals surface area (Å²) < 4.78 is 5.90. The Hall–Kier alpha value is -2.52. The Bertz CT molecular complexity index is 1050. The van der Waals surface area contributed by atoms with Crippen molar-refractivity contribution < 1.29 is 9.53 Å². The number of benzene rings is 2. The van der Waals surface area contributed by atoms with E-state index in [0.29, 0.717) is 42.0 Å². The molecule has 1 saturated heterocycles. The van der Waals surface area contributed by atoms with Crippen molar-refractivity contribution in [1.82, 2.24) is 25.1 Å². The lowest BCUT2D eigenvalue weighted by Crippen LogP contribution is -2.44. The number of carbonyl (C=O) groups excluding carboxylic acids is 1. The van der Waals surface area contributed by atoms with E-state index >= 15 is 0 Å². The molecule has 1 amide bonds. The summed E-state index contributed by atoms with van der Waals surface area (Å²) in [4.78, 5) is 15.7. The molecule has 162 valence electrons. The first kappa shape index (κ1) is 21.7. The van der Waals surface area contributed by atoms with Crippen LogP contribution in [0.3, 0.4) is 0 Å². The van der Waals surface area contributed by atoms with Crippen molar-refractivity contribution in [2.45, 2.75) is 25.1 Å². The zero-order valence-electron chi connectivity index (χ0n) is 16.7. The molecule has 31 heavy (non-hydrogen) atoms. The number of carbonyl (C=O) groups is 1. The number of amides is 1. The third kappa shape index (κ3) is 5.40. The third-order valence-electron chi connectivity index (χ3n) is 5.17. The molecular formula is C21H22Cl2N6O2. The number of primary amides is 1. The second-order valence-corrected chi connectivity index (χ2v) is 8.24. The van der Waals surface area contributed by atoms with Gasteiger partial charge in [-0.3, -0.25) is 9.69 Å². The zero-order chi connectivity index (χ0) is 21.8. The van der Waals surface area contributed by atoms with E-state index in [0.717, 1.165) is 17.7 Å². The van der Waals surface area contributed by atoms with Crippen molar-refractivity contribution in [2.75, 3.05) is 19.7 Å². The molecule has 2 heterocycles. The molecule has 2 aromatic carbocycles. The fraction of sp³-hybridized carbons (Fsp3) is 0.333.